The quantitative estimate of drug-likeness (QED) is 0.790. The zero-order valence-corrected chi connectivity index (χ0v) is 16.4. The highest BCUT2D eigenvalue weighted by atomic mass is 32.2. The summed E-state index contributed by atoms with van der Waals surface area (Å²) in [6.07, 6.45) is 4.16. The van der Waals surface area contributed by atoms with E-state index in [0.29, 0.717) is 0 Å². The van der Waals surface area contributed by atoms with Crippen LogP contribution in [0.3, 0.4) is 0 Å². The zero-order chi connectivity index (χ0) is 19.2. The Morgan fingerprint density at radius 2 is 2.11 bits per heavy atom. The Morgan fingerprint density at radius 1 is 1.30 bits per heavy atom. The van der Waals surface area contributed by atoms with E-state index in [1.165, 1.54) is 17.9 Å². The van der Waals surface area contributed by atoms with E-state index in [0.717, 1.165) is 55.2 Å². The Morgan fingerprint density at radius 3 is 2.85 bits per heavy atom. The number of aromatic nitrogens is 2. The van der Waals surface area contributed by atoms with E-state index in [2.05, 4.69) is 21.6 Å². The molecule has 2 aliphatic heterocycles. The monoisotopic (exact) mass is 390 g/mol. The molecular formula is C19H26N4O3S. The maximum Gasteiger partial charge on any atom is 0.290 e. The van der Waals surface area contributed by atoms with Crippen molar-refractivity contribution in [3.63, 3.8) is 0 Å². The molecule has 0 saturated carbocycles. The first-order valence-corrected chi connectivity index (χ1v) is 10.4. The van der Waals surface area contributed by atoms with Crippen LogP contribution in [-0.2, 0) is 11.8 Å². The van der Waals surface area contributed by atoms with Crippen molar-refractivity contribution in [2.45, 2.75) is 18.9 Å². The lowest BCUT2D eigenvalue weighted by molar-refractivity contribution is -0.122. The Labute approximate surface area is 163 Å². The van der Waals surface area contributed by atoms with Crippen LogP contribution in [0.1, 0.15) is 23.2 Å². The molecule has 2 aliphatic rings. The van der Waals surface area contributed by atoms with Gasteiger partial charge in [0.15, 0.2) is 0 Å². The van der Waals surface area contributed by atoms with E-state index >= 15 is 0 Å². The normalized spacial score (nSPS) is 20.8. The van der Waals surface area contributed by atoms with Crippen molar-refractivity contribution in [3.05, 3.63) is 30.1 Å². The van der Waals surface area contributed by atoms with Crippen molar-refractivity contribution >= 4 is 35.2 Å². The molecule has 1 aromatic heterocycles. The van der Waals surface area contributed by atoms with Crippen molar-refractivity contribution in [1.29, 1.82) is 0 Å². The summed E-state index contributed by atoms with van der Waals surface area (Å²) in [7, 11) is 1.97. The van der Waals surface area contributed by atoms with Crippen molar-refractivity contribution in [3.8, 4) is 0 Å². The molecule has 1 amide bonds. The van der Waals surface area contributed by atoms with Crippen molar-refractivity contribution in [2.24, 2.45) is 7.05 Å². The van der Waals surface area contributed by atoms with Crippen LogP contribution in [0.25, 0.3) is 11.0 Å². The van der Waals surface area contributed by atoms with Gasteiger partial charge in [0.1, 0.15) is 0 Å². The summed E-state index contributed by atoms with van der Waals surface area (Å²) in [6.45, 7) is 3.56. The molecule has 8 heteroatoms. The Bertz CT molecular complexity index is 788. The van der Waals surface area contributed by atoms with Gasteiger partial charge in [-0.15, -0.1) is 0 Å². The smallest absolute Gasteiger partial charge is 0.290 e. The number of hydrogen-bond donors (Lipinski definition) is 1. The topological polar surface area (TPSA) is 78.7 Å². The molecule has 2 fully saturated rings. The maximum atomic E-state index is 12.9. The van der Waals surface area contributed by atoms with Crippen molar-refractivity contribution < 1.29 is 14.7 Å². The van der Waals surface area contributed by atoms with Gasteiger partial charge in [-0.1, -0.05) is 0 Å². The van der Waals surface area contributed by atoms with E-state index in [1.807, 2.05) is 34.7 Å². The molecule has 27 heavy (non-hydrogen) atoms. The van der Waals surface area contributed by atoms with Crippen LogP contribution < -0.4 is 0 Å². The van der Waals surface area contributed by atoms with Crippen molar-refractivity contribution in [2.75, 3.05) is 37.7 Å². The van der Waals surface area contributed by atoms with E-state index in [4.69, 9.17) is 9.90 Å². The fraction of sp³-hybridized carbons (Fsp3) is 0.526. The maximum absolute atomic E-state index is 12.9. The number of carbonyl (C=O) groups is 2. The number of rotatable bonds is 2. The van der Waals surface area contributed by atoms with E-state index in [1.54, 1.807) is 6.33 Å². The van der Waals surface area contributed by atoms with E-state index in [-0.39, 0.29) is 12.4 Å². The lowest BCUT2D eigenvalue weighted by atomic mass is 10.1. The fourth-order valence-electron chi connectivity index (χ4n) is 3.77. The molecule has 0 bridgehead atoms. The highest BCUT2D eigenvalue weighted by molar-refractivity contribution is 7.99. The lowest BCUT2D eigenvalue weighted by Gasteiger charge is -2.26. The van der Waals surface area contributed by atoms with Gasteiger partial charge in [-0.05, 0) is 36.8 Å². The van der Waals surface area contributed by atoms with E-state index in [9.17, 15) is 4.79 Å². The van der Waals surface area contributed by atoms with Gasteiger partial charge in [-0.25, -0.2) is 4.98 Å². The SMILES string of the molecule is Cn1cnc2cc(C(=O)N3CCCN(C4CCSC4)CC3)ccc21.O=CO. The fourth-order valence-corrected chi connectivity index (χ4v) is 5.02. The van der Waals surface area contributed by atoms with Crippen molar-refractivity contribution in [1.82, 2.24) is 19.4 Å². The van der Waals surface area contributed by atoms with Gasteiger partial charge in [0.25, 0.3) is 12.4 Å². The van der Waals surface area contributed by atoms with Gasteiger partial charge < -0.3 is 14.6 Å². The highest BCUT2D eigenvalue weighted by Crippen LogP contribution is 2.24. The zero-order valence-electron chi connectivity index (χ0n) is 15.6. The lowest BCUT2D eigenvalue weighted by Crippen LogP contribution is -2.39. The summed E-state index contributed by atoms with van der Waals surface area (Å²) in [4.78, 5) is 30.2. The van der Waals surface area contributed by atoms with Crippen LogP contribution in [-0.4, -0.2) is 80.6 Å². The van der Waals surface area contributed by atoms with Crippen LogP contribution in [0.15, 0.2) is 24.5 Å². The average Bonchev–Trinajstić information content (AvgIpc) is 3.26. The molecule has 3 heterocycles. The molecule has 1 unspecified atom stereocenters. The minimum absolute atomic E-state index is 0.144. The molecule has 1 atom stereocenters. The summed E-state index contributed by atoms with van der Waals surface area (Å²) < 4.78 is 1.98. The number of carbonyl (C=O) groups excluding carboxylic acids is 1. The average molecular weight is 391 g/mol. The Kier molecular flexibility index (Phi) is 6.73. The molecule has 1 aromatic carbocycles. The predicted octanol–water partition coefficient (Wildman–Crippen LogP) is 1.93. The first kappa shape index (κ1) is 19.7. The number of aryl methyl sites for hydroxylation is 1. The minimum Gasteiger partial charge on any atom is -0.483 e. The number of amides is 1. The summed E-state index contributed by atoms with van der Waals surface area (Å²) in [5, 5.41) is 6.89. The van der Waals surface area contributed by atoms with Crippen LogP contribution in [0, 0.1) is 0 Å². The Balaban J connectivity index is 0.000000659. The third-order valence-electron chi connectivity index (χ3n) is 5.21. The molecule has 0 spiro atoms. The van der Waals surface area contributed by atoms with Crippen LogP contribution in [0.2, 0.25) is 0 Å². The molecule has 2 aromatic rings. The largest absolute Gasteiger partial charge is 0.483 e. The van der Waals surface area contributed by atoms with Gasteiger partial charge in [-0.3, -0.25) is 14.5 Å². The second-order valence-electron chi connectivity index (χ2n) is 6.86. The van der Waals surface area contributed by atoms with Crippen LogP contribution >= 0.6 is 11.8 Å². The number of imidazole rings is 1. The number of thioether (sulfide) groups is 1. The van der Waals surface area contributed by atoms with Crippen LogP contribution in [0.5, 0.6) is 0 Å². The summed E-state index contributed by atoms with van der Waals surface area (Å²) in [6, 6.07) is 6.57. The number of benzene rings is 1. The van der Waals surface area contributed by atoms with Crippen LogP contribution in [0.4, 0.5) is 0 Å². The summed E-state index contributed by atoms with van der Waals surface area (Å²) in [5.41, 5.74) is 2.71. The number of carboxylic acid groups (broad SMARTS) is 1. The third kappa shape index (κ3) is 4.62. The molecule has 0 aliphatic carbocycles. The third-order valence-corrected chi connectivity index (χ3v) is 6.36. The summed E-state index contributed by atoms with van der Waals surface area (Å²) in [5.74, 6) is 2.68. The van der Waals surface area contributed by atoms with Gasteiger partial charge in [-0.2, -0.15) is 11.8 Å². The second kappa shape index (κ2) is 9.23. The number of hydrogen-bond acceptors (Lipinski definition) is 5. The van der Waals surface area contributed by atoms with Gasteiger partial charge in [0.2, 0.25) is 0 Å². The molecule has 0 radical (unpaired) electrons. The highest BCUT2D eigenvalue weighted by Gasteiger charge is 2.26. The molecular weight excluding hydrogens is 364 g/mol. The number of nitrogens with zero attached hydrogens (tertiary/aromatic N) is 4. The number of fused-ring (bicyclic) bond motifs is 1. The first-order chi connectivity index (χ1) is 13.1. The molecule has 4 rings (SSSR count). The molecule has 146 valence electrons. The van der Waals surface area contributed by atoms with Gasteiger partial charge in [0.05, 0.1) is 17.4 Å². The second-order valence-corrected chi connectivity index (χ2v) is 8.01. The van der Waals surface area contributed by atoms with E-state index < -0.39 is 0 Å². The molecule has 2 saturated heterocycles. The summed E-state index contributed by atoms with van der Waals surface area (Å²) >= 11 is 2.06. The van der Waals surface area contributed by atoms with Gasteiger partial charge in [0, 0.05) is 50.6 Å². The Hall–Kier alpha value is -2.06. The van der Waals surface area contributed by atoms with Gasteiger partial charge >= 0.3 is 0 Å². The molecule has 7 nitrogen and oxygen atoms in total. The molecule has 1 N–H and O–H groups in total. The first-order valence-electron chi connectivity index (χ1n) is 9.24. The minimum atomic E-state index is -0.250. The standard InChI is InChI=1S/C18H24N4OS.CH2O2/c1-20-13-19-16-11-14(3-4-17(16)20)18(23)22-7-2-6-21(8-9-22)15-5-10-24-12-15;2-1-3/h3-4,11,13,15H,2,5-10,12H2,1H3;1H,(H,2,3). The predicted molar refractivity (Wildman–Crippen MR) is 107 cm³/mol.